The van der Waals surface area contributed by atoms with E-state index in [1.165, 1.54) is 0 Å². The van der Waals surface area contributed by atoms with Crippen LogP contribution in [0.25, 0.3) is 0 Å². The predicted molar refractivity (Wildman–Crippen MR) is 83.5 cm³/mol. The second-order valence-electron chi connectivity index (χ2n) is 4.93. The fourth-order valence-corrected chi connectivity index (χ4v) is 5.45. The highest BCUT2D eigenvalue weighted by Gasteiger charge is 2.40. The van der Waals surface area contributed by atoms with Gasteiger partial charge in [-0.25, -0.2) is 4.79 Å². The molecule has 1 unspecified atom stereocenters. The maximum absolute atomic E-state index is 11.9. The topological polar surface area (TPSA) is 35.5 Å². The first-order valence-electron chi connectivity index (χ1n) is 7.09. The van der Waals surface area contributed by atoms with E-state index in [9.17, 15) is 4.79 Å². The Morgan fingerprint density at radius 2 is 1.90 bits per heavy atom. The number of hydrogen-bond donors (Lipinski definition) is 0. The first-order chi connectivity index (χ1) is 9.53. The van der Waals surface area contributed by atoms with Gasteiger partial charge in [-0.15, -0.1) is 0 Å². The lowest BCUT2D eigenvalue weighted by atomic mass is 10.2. The minimum absolute atomic E-state index is 0.338. The van der Waals surface area contributed by atoms with E-state index in [0.717, 1.165) is 18.0 Å². The summed E-state index contributed by atoms with van der Waals surface area (Å²) in [4.78, 5) is 11.9. The van der Waals surface area contributed by atoms with Crippen molar-refractivity contribution in [2.24, 2.45) is 0 Å². The molecular formula is C16H24O3Si. The fourth-order valence-electron chi connectivity index (χ4n) is 2.14. The van der Waals surface area contributed by atoms with Crippen molar-refractivity contribution in [3.05, 3.63) is 48.0 Å². The molecule has 110 valence electrons. The third-order valence-corrected chi connectivity index (χ3v) is 6.56. The molecule has 0 amide bonds. The lowest BCUT2D eigenvalue weighted by Crippen LogP contribution is -2.46. The number of rotatable bonds is 8. The summed E-state index contributed by atoms with van der Waals surface area (Å²) in [6.07, 6.45) is 0.933. The van der Waals surface area contributed by atoms with E-state index < -0.39 is 8.56 Å². The molecule has 1 atom stereocenters. The van der Waals surface area contributed by atoms with Gasteiger partial charge >= 0.3 is 14.5 Å². The Labute approximate surface area is 122 Å². The summed E-state index contributed by atoms with van der Waals surface area (Å²) in [5, 5.41) is 0. The smallest absolute Gasteiger partial charge is 0.406 e. The first kappa shape index (κ1) is 16.7. The molecule has 4 heteroatoms. The van der Waals surface area contributed by atoms with Crippen LogP contribution in [0.5, 0.6) is 0 Å². The van der Waals surface area contributed by atoms with Crippen LogP contribution >= 0.6 is 0 Å². The van der Waals surface area contributed by atoms with Crippen molar-refractivity contribution in [1.82, 2.24) is 0 Å². The van der Waals surface area contributed by atoms with Gasteiger partial charge in [-0.05, 0) is 19.4 Å². The Kier molecular flexibility index (Phi) is 6.68. The van der Waals surface area contributed by atoms with Gasteiger partial charge in [-0.2, -0.15) is 0 Å². The van der Waals surface area contributed by atoms with Crippen molar-refractivity contribution in [2.45, 2.75) is 39.3 Å². The summed E-state index contributed by atoms with van der Waals surface area (Å²) in [5.41, 5.74) is 1.57. The monoisotopic (exact) mass is 292 g/mol. The molecule has 0 aliphatic heterocycles. The minimum Gasteiger partial charge on any atom is -0.490 e. The molecule has 3 nitrogen and oxygen atoms in total. The average molecular weight is 292 g/mol. The molecule has 0 aliphatic rings. The first-order valence-corrected chi connectivity index (χ1v) is 9.32. The molecule has 0 spiro atoms. The van der Waals surface area contributed by atoms with Crippen LogP contribution in [-0.2, 0) is 19.7 Å². The van der Waals surface area contributed by atoms with Crippen LogP contribution in [-0.4, -0.2) is 21.1 Å². The molecule has 0 N–H and O–H groups in total. The zero-order valence-electron chi connectivity index (χ0n) is 12.6. The van der Waals surface area contributed by atoms with Crippen LogP contribution in [0, 0.1) is 0 Å². The molecular weight excluding hydrogens is 268 g/mol. The van der Waals surface area contributed by atoms with Crippen LogP contribution in [0.2, 0.25) is 6.04 Å². The average Bonchev–Trinajstić information content (AvgIpc) is 2.40. The van der Waals surface area contributed by atoms with Gasteiger partial charge in [-0.3, -0.25) is 0 Å². The molecule has 0 saturated carbocycles. The zero-order chi connectivity index (χ0) is 15.0. The number of carbonyl (C=O) groups is 1. The molecule has 0 saturated heterocycles. The van der Waals surface area contributed by atoms with Crippen molar-refractivity contribution in [2.75, 3.05) is 6.61 Å². The van der Waals surface area contributed by atoms with Crippen molar-refractivity contribution in [3.8, 4) is 0 Å². The summed E-state index contributed by atoms with van der Waals surface area (Å²) in [6, 6.07) is 11.5. The van der Waals surface area contributed by atoms with E-state index in [4.69, 9.17) is 8.85 Å². The number of benzene rings is 1. The largest absolute Gasteiger partial charge is 0.490 e. The van der Waals surface area contributed by atoms with Gasteiger partial charge < -0.3 is 8.85 Å². The van der Waals surface area contributed by atoms with E-state index in [2.05, 4.69) is 13.5 Å². The summed E-state index contributed by atoms with van der Waals surface area (Å²) in [5.74, 6) is -0.338. The Bertz CT molecular complexity index is 436. The lowest BCUT2D eigenvalue weighted by Gasteiger charge is -2.30. The maximum atomic E-state index is 11.9. The molecule has 20 heavy (non-hydrogen) atoms. The third-order valence-electron chi connectivity index (χ3n) is 2.98. The highest BCUT2D eigenvalue weighted by molar-refractivity contribution is 6.68. The Morgan fingerprint density at radius 3 is 2.40 bits per heavy atom. The third kappa shape index (κ3) is 4.94. The summed E-state index contributed by atoms with van der Waals surface area (Å²) >= 11 is 0. The second-order valence-corrected chi connectivity index (χ2v) is 8.09. The van der Waals surface area contributed by atoms with Crippen molar-refractivity contribution in [1.29, 1.82) is 0 Å². The summed E-state index contributed by atoms with van der Waals surface area (Å²) < 4.78 is 11.7. The van der Waals surface area contributed by atoms with E-state index in [0.29, 0.717) is 18.2 Å². The summed E-state index contributed by atoms with van der Waals surface area (Å²) in [7, 11) is -2.57. The van der Waals surface area contributed by atoms with Gasteiger partial charge in [0.15, 0.2) is 0 Å². The van der Waals surface area contributed by atoms with Crippen molar-refractivity contribution in [3.63, 3.8) is 0 Å². The Morgan fingerprint density at radius 1 is 1.25 bits per heavy atom. The minimum atomic E-state index is -2.57. The quantitative estimate of drug-likeness (QED) is 0.540. The normalized spacial score (nSPS) is 13.6. The molecule has 1 aromatic carbocycles. The zero-order valence-corrected chi connectivity index (χ0v) is 13.6. The SMILES string of the molecule is C=C(C)C(=O)O[Si](CCC)(Cc1ccccc1)OCC. The van der Waals surface area contributed by atoms with Gasteiger partial charge in [0.2, 0.25) is 0 Å². The highest BCUT2D eigenvalue weighted by Crippen LogP contribution is 2.23. The molecule has 1 rings (SSSR count). The van der Waals surface area contributed by atoms with E-state index >= 15 is 0 Å². The summed E-state index contributed by atoms with van der Waals surface area (Å²) in [6.45, 7) is 9.91. The van der Waals surface area contributed by atoms with Crippen LogP contribution in [0.15, 0.2) is 42.5 Å². The second kappa shape index (κ2) is 8.02. The predicted octanol–water partition coefficient (Wildman–Crippen LogP) is 3.78. The number of hydrogen-bond acceptors (Lipinski definition) is 3. The van der Waals surface area contributed by atoms with E-state index in [1.54, 1.807) is 6.92 Å². The number of carbonyl (C=O) groups excluding carboxylic acids is 1. The van der Waals surface area contributed by atoms with Gasteiger partial charge in [0.05, 0.1) is 0 Å². The molecule has 0 radical (unpaired) electrons. The fraction of sp³-hybridized carbons (Fsp3) is 0.438. The van der Waals surface area contributed by atoms with Gasteiger partial charge in [-0.1, -0.05) is 50.3 Å². The molecule has 0 bridgehead atoms. The molecule has 0 fully saturated rings. The van der Waals surface area contributed by atoms with Crippen LogP contribution in [0.3, 0.4) is 0 Å². The maximum Gasteiger partial charge on any atom is 0.406 e. The van der Waals surface area contributed by atoms with E-state index in [1.807, 2.05) is 37.3 Å². The van der Waals surface area contributed by atoms with Gasteiger partial charge in [0.25, 0.3) is 0 Å². The highest BCUT2D eigenvalue weighted by atomic mass is 28.4. The molecule has 0 heterocycles. The lowest BCUT2D eigenvalue weighted by molar-refractivity contribution is -0.132. The Hall–Kier alpha value is -1.39. The van der Waals surface area contributed by atoms with Crippen LogP contribution < -0.4 is 0 Å². The standard InChI is InChI=1S/C16H24O3Si/c1-5-12-20(18-6-2,19-16(17)14(3)4)13-15-10-8-7-9-11-15/h7-11H,3,5-6,12-13H2,1-2,4H3. The Balaban J connectivity index is 2.97. The molecule has 0 aromatic heterocycles. The molecule has 1 aromatic rings. The van der Waals surface area contributed by atoms with E-state index in [-0.39, 0.29) is 5.97 Å². The molecule has 0 aliphatic carbocycles. The van der Waals surface area contributed by atoms with Crippen molar-refractivity contribution < 1.29 is 13.6 Å². The van der Waals surface area contributed by atoms with Gasteiger partial charge in [0.1, 0.15) is 0 Å². The van der Waals surface area contributed by atoms with Crippen molar-refractivity contribution >= 4 is 14.5 Å². The van der Waals surface area contributed by atoms with Crippen LogP contribution in [0.4, 0.5) is 0 Å². The van der Waals surface area contributed by atoms with Gasteiger partial charge in [0, 0.05) is 24.3 Å². The van der Waals surface area contributed by atoms with Crippen LogP contribution in [0.1, 0.15) is 32.8 Å².